The Morgan fingerprint density at radius 2 is 2.10 bits per heavy atom. The number of benzene rings is 1. The third kappa shape index (κ3) is 2.81. The summed E-state index contributed by atoms with van der Waals surface area (Å²) < 4.78 is 0. The van der Waals surface area contributed by atoms with Crippen LogP contribution in [0.3, 0.4) is 0 Å². The highest BCUT2D eigenvalue weighted by Crippen LogP contribution is 2.29. The van der Waals surface area contributed by atoms with Gasteiger partial charge in [0.15, 0.2) is 5.82 Å². The minimum Gasteiger partial charge on any atom is -0.353 e. The number of aromatic nitrogens is 2. The fourth-order valence-corrected chi connectivity index (χ4v) is 3.09. The first-order valence-electron chi connectivity index (χ1n) is 7.84. The van der Waals surface area contributed by atoms with Crippen molar-refractivity contribution >= 4 is 5.82 Å². The van der Waals surface area contributed by atoms with Crippen molar-refractivity contribution in [3.8, 4) is 11.3 Å². The van der Waals surface area contributed by atoms with E-state index in [9.17, 15) is 0 Å². The molecule has 0 aliphatic carbocycles. The summed E-state index contributed by atoms with van der Waals surface area (Å²) in [6, 6.07) is 8.98. The third-order valence-corrected chi connectivity index (χ3v) is 4.39. The molecule has 1 aromatic carbocycles. The molecule has 0 spiro atoms. The number of piperidine rings is 1. The molecule has 3 N–H and O–H groups in total. The number of rotatable bonds is 3. The van der Waals surface area contributed by atoms with E-state index in [0.29, 0.717) is 0 Å². The van der Waals surface area contributed by atoms with Crippen molar-refractivity contribution in [2.75, 3.05) is 18.0 Å². The van der Waals surface area contributed by atoms with Gasteiger partial charge in [0.2, 0.25) is 0 Å². The summed E-state index contributed by atoms with van der Waals surface area (Å²) in [5, 5.41) is 7.75. The fraction of sp³-hybridized carbons (Fsp3) is 0.471. The lowest BCUT2D eigenvalue weighted by Crippen LogP contribution is -2.43. The molecule has 2 aromatic rings. The molecular weight excluding hydrogens is 260 g/mol. The van der Waals surface area contributed by atoms with Gasteiger partial charge < -0.3 is 10.6 Å². The minimum absolute atomic E-state index is 0.266. The lowest BCUT2D eigenvalue weighted by Gasteiger charge is -2.31. The number of aromatic amines is 1. The fourth-order valence-electron chi connectivity index (χ4n) is 3.09. The summed E-state index contributed by atoms with van der Waals surface area (Å²) in [7, 11) is 0. The molecule has 4 nitrogen and oxygen atoms in total. The zero-order valence-corrected chi connectivity index (χ0v) is 12.9. The molecule has 1 unspecified atom stereocenters. The summed E-state index contributed by atoms with van der Waals surface area (Å²) in [5.41, 5.74) is 11.0. The topological polar surface area (TPSA) is 57.9 Å². The first kappa shape index (κ1) is 14.1. The number of anilines is 1. The summed E-state index contributed by atoms with van der Waals surface area (Å²) in [6.07, 6.45) is 3.33. The van der Waals surface area contributed by atoms with Crippen LogP contribution >= 0.6 is 0 Å². The number of hydrogen-bond donors (Lipinski definition) is 2. The van der Waals surface area contributed by atoms with E-state index >= 15 is 0 Å². The van der Waals surface area contributed by atoms with Crippen LogP contribution in [0.1, 0.15) is 30.9 Å². The molecule has 0 radical (unpaired) electrons. The van der Waals surface area contributed by atoms with Crippen LogP contribution in [-0.2, 0) is 6.42 Å². The van der Waals surface area contributed by atoms with Crippen LogP contribution in [0.4, 0.5) is 5.82 Å². The van der Waals surface area contributed by atoms with Gasteiger partial charge in [-0.05, 0) is 37.3 Å². The molecular formula is C17H24N4. The van der Waals surface area contributed by atoms with Gasteiger partial charge in [-0.15, -0.1) is 0 Å². The standard InChI is InChI=1S/C17H24N4/c1-3-13-6-8-14(9-7-13)16-12(2)17(20-19-16)21-10-4-5-15(18)11-21/h6-9,15H,3-5,10-11,18H2,1-2H3,(H,19,20). The molecule has 0 saturated carbocycles. The second-order valence-corrected chi connectivity index (χ2v) is 5.95. The van der Waals surface area contributed by atoms with E-state index in [1.54, 1.807) is 0 Å². The number of aryl methyl sites for hydroxylation is 1. The molecule has 1 aliphatic rings. The highest BCUT2D eigenvalue weighted by atomic mass is 15.3. The van der Waals surface area contributed by atoms with E-state index in [-0.39, 0.29) is 6.04 Å². The van der Waals surface area contributed by atoms with Crippen molar-refractivity contribution in [1.82, 2.24) is 10.2 Å². The highest BCUT2D eigenvalue weighted by molar-refractivity contribution is 5.69. The van der Waals surface area contributed by atoms with E-state index in [4.69, 9.17) is 5.73 Å². The molecule has 1 aliphatic heterocycles. The van der Waals surface area contributed by atoms with Crippen molar-refractivity contribution in [3.63, 3.8) is 0 Å². The van der Waals surface area contributed by atoms with Crippen LogP contribution in [0.2, 0.25) is 0 Å². The predicted octanol–water partition coefficient (Wildman–Crippen LogP) is 2.88. The van der Waals surface area contributed by atoms with Crippen molar-refractivity contribution in [3.05, 3.63) is 35.4 Å². The molecule has 0 bridgehead atoms. The smallest absolute Gasteiger partial charge is 0.153 e. The second kappa shape index (κ2) is 5.90. The Kier molecular flexibility index (Phi) is 3.97. The van der Waals surface area contributed by atoms with E-state index in [2.05, 4.69) is 53.2 Å². The van der Waals surface area contributed by atoms with Crippen LogP contribution in [-0.4, -0.2) is 29.3 Å². The van der Waals surface area contributed by atoms with Crippen LogP contribution in [0, 0.1) is 6.92 Å². The monoisotopic (exact) mass is 284 g/mol. The number of nitrogens with one attached hydrogen (secondary N) is 1. The van der Waals surface area contributed by atoms with Gasteiger partial charge >= 0.3 is 0 Å². The number of nitrogens with zero attached hydrogens (tertiary/aromatic N) is 2. The van der Waals surface area contributed by atoms with Crippen LogP contribution in [0.25, 0.3) is 11.3 Å². The Morgan fingerprint density at radius 1 is 1.33 bits per heavy atom. The summed E-state index contributed by atoms with van der Waals surface area (Å²) in [6.45, 7) is 6.27. The predicted molar refractivity (Wildman–Crippen MR) is 87.6 cm³/mol. The first-order chi connectivity index (χ1) is 10.2. The van der Waals surface area contributed by atoms with Gasteiger partial charge in [-0.1, -0.05) is 31.2 Å². The summed E-state index contributed by atoms with van der Waals surface area (Å²) in [5.74, 6) is 1.06. The van der Waals surface area contributed by atoms with Gasteiger partial charge in [0.1, 0.15) is 0 Å². The number of nitrogens with two attached hydrogens (primary N) is 1. The van der Waals surface area contributed by atoms with Gasteiger partial charge in [0.05, 0.1) is 5.69 Å². The van der Waals surface area contributed by atoms with Gasteiger partial charge in [-0.3, -0.25) is 5.10 Å². The summed E-state index contributed by atoms with van der Waals surface area (Å²) in [4.78, 5) is 2.31. The molecule has 1 atom stereocenters. The van der Waals surface area contributed by atoms with Gasteiger partial charge in [-0.2, -0.15) is 5.10 Å². The number of H-pyrrole nitrogens is 1. The van der Waals surface area contributed by atoms with Crippen LogP contribution in [0.5, 0.6) is 0 Å². The average Bonchev–Trinajstić information content (AvgIpc) is 2.89. The van der Waals surface area contributed by atoms with Gasteiger partial charge in [0.25, 0.3) is 0 Å². The maximum absolute atomic E-state index is 6.08. The van der Waals surface area contributed by atoms with E-state index in [0.717, 1.165) is 43.9 Å². The third-order valence-electron chi connectivity index (χ3n) is 4.39. The Labute approximate surface area is 126 Å². The summed E-state index contributed by atoms with van der Waals surface area (Å²) >= 11 is 0. The molecule has 1 saturated heterocycles. The zero-order chi connectivity index (χ0) is 14.8. The highest BCUT2D eigenvalue weighted by Gasteiger charge is 2.22. The molecule has 112 valence electrons. The quantitative estimate of drug-likeness (QED) is 0.911. The van der Waals surface area contributed by atoms with E-state index in [1.807, 2.05) is 0 Å². The normalized spacial score (nSPS) is 19.0. The molecule has 2 heterocycles. The SMILES string of the molecule is CCc1ccc(-c2[nH]nc(N3CCCC(N)C3)c2C)cc1. The van der Waals surface area contributed by atoms with Crippen molar-refractivity contribution in [2.45, 2.75) is 39.2 Å². The average molecular weight is 284 g/mol. The Balaban J connectivity index is 1.87. The Morgan fingerprint density at radius 3 is 2.76 bits per heavy atom. The maximum atomic E-state index is 6.08. The minimum atomic E-state index is 0.266. The second-order valence-electron chi connectivity index (χ2n) is 5.95. The van der Waals surface area contributed by atoms with Gasteiger partial charge in [-0.25, -0.2) is 0 Å². The largest absolute Gasteiger partial charge is 0.353 e. The van der Waals surface area contributed by atoms with Crippen molar-refractivity contribution in [1.29, 1.82) is 0 Å². The molecule has 1 aromatic heterocycles. The molecule has 21 heavy (non-hydrogen) atoms. The maximum Gasteiger partial charge on any atom is 0.153 e. The molecule has 4 heteroatoms. The van der Waals surface area contributed by atoms with Crippen LogP contribution in [0.15, 0.2) is 24.3 Å². The Bertz CT molecular complexity index is 600. The van der Waals surface area contributed by atoms with Crippen LogP contribution < -0.4 is 10.6 Å². The van der Waals surface area contributed by atoms with E-state index in [1.165, 1.54) is 16.7 Å². The van der Waals surface area contributed by atoms with Gasteiger partial charge in [0, 0.05) is 24.7 Å². The lowest BCUT2D eigenvalue weighted by molar-refractivity contribution is 0.502. The molecule has 0 amide bonds. The molecule has 3 rings (SSSR count). The van der Waals surface area contributed by atoms with Crippen molar-refractivity contribution < 1.29 is 0 Å². The number of hydrogen-bond acceptors (Lipinski definition) is 3. The molecule has 1 fully saturated rings. The van der Waals surface area contributed by atoms with Crippen molar-refractivity contribution in [2.24, 2.45) is 5.73 Å². The Hall–Kier alpha value is -1.81. The van der Waals surface area contributed by atoms with E-state index < -0.39 is 0 Å². The zero-order valence-electron chi connectivity index (χ0n) is 12.9. The first-order valence-corrected chi connectivity index (χ1v) is 7.84. The lowest BCUT2D eigenvalue weighted by atomic mass is 10.0.